The average Bonchev–Trinajstić information content (AvgIpc) is 2.41. The fourth-order valence-corrected chi connectivity index (χ4v) is 1.37. The van der Waals surface area contributed by atoms with E-state index in [4.69, 9.17) is 16.7 Å². The number of hydrogen-bond acceptors (Lipinski definition) is 2. The Bertz CT molecular complexity index is 400. The Balaban J connectivity index is 3.45. The van der Waals surface area contributed by atoms with E-state index in [0.717, 1.165) is 4.68 Å². The van der Waals surface area contributed by atoms with Gasteiger partial charge in [0.15, 0.2) is 5.69 Å². The Morgan fingerprint density at radius 3 is 2.40 bits per heavy atom. The number of aromatic carboxylic acids is 1. The largest absolute Gasteiger partial charge is 0.478 e. The molecule has 0 saturated heterocycles. The van der Waals surface area contributed by atoms with Gasteiger partial charge >= 0.3 is 12.1 Å². The molecule has 0 unspecified atom stereocenters. The first-order valence-electron chi connectivity index (χ1n) is 3.85. The van der Waals surface area contributed by atoms with Crippen molar-refractivity contribution in [3.8, 4) is 0 Å². The maximum atomic E-state index is 12.3. The highest BCUT2D eigenvalue weighted by molar-refractivity contribution is 6.32. The van der Waals surface area contributed by atoms with Crippen LogP contribution in [0.25, 0.3) is 0 Å². The fraction of sp³-hybridized carbons (Fsp3) is 0.429. The normalized spacial score (nSPS) is 11.8. The van der Waals surface area contributed by atoms with Gasteiger partial charge in [0.05, 0.1) is 0 Å². The summed E-state index contributed by atoms with van der Waals surface area (Å²) in [7, 11) is 0. The fourth-order valence-electron chi connectivity index (χ4n) is 1.04. The van der Waals surface area contributed by atoms with Gasteiger partial charge in [0.2, 0.25) is 0 Å². The lowest BCUT2D eigenvalue weighted by Crippen LogP contribution is -2.12. The van der Waals surface area contributed by atoms with Crippen molar-refractivity contribution in [3.63, 3.8) is 0 Å². The lowest BCUT2D eigenvalue weighted by Gasteiger charge is -2.02. The first-order valence-corrected chi connectivity index (χ1v) is 4.23. The number of carboxylic acid groups (broad SMARTS) is 1. The second-order valence-electron chi connectivity index (χ2n) is 2.63. The van der Waals surface area contributed by atoms with E-state index >= 15 is 0 Å². The highest BCUT2D eigenvalue weighted by atomic mass is 35.5. The molecule has 1 aromatic heterocycles. The molecule has 0 aliphatic carbocycles. The van der Waals surface area contributed by atoms with Gasteiger partial charge < -0.3 is 5.11 Å². The number of carbonyl (C=O) groups is 1. The van der Waals surface area contributed by atoms with Gasteiger partial charge in [-0.25, -0.2) is 4.79 Å². The molecular formula is C7H6ClF3N2O2. The van der Waals surface area contributed by atoms with Crippen molar-refractivity contribution >= 4 is 17.6 Å². The smallest absolute Gasteiger partial charge is 0.436 e. The van der Waals surface area contributed by atoms with Crippen LogP contribution in [0.5, 0.6) is 0 Å². The van der Waals surface area contributed by atoms with Crippen LogP contribution in [-0.4, -0.2) is 20.9 Å². The number of aromatic nitrogens is 2. The number of halogens is 4. The molecule has 0 bridgehead atoms. The summed E-state index contributed by atoms with van der Waals surface area (Å²) in [6.45, 7) is 1.57. The maximum absolute atomic E-state index is 12.3. The van der Waals surface area contributed by atoms with Crippen LogP contribution >= 0.6 is 11.6 Å². The van der Waals surface area contributed by atoms with E-state index in [1.54, 1.807) is 0 Å². The highest BCUT2D eigenvalue weighted by Crippen LogP contribution is 2.34. The predicted octanol–water partition coefficient (Wildman–Crippen LogP) is 2.27. The predicted molar refractivity (Wildman–Crippen MR) is 44.9 cm³/mol. The van der Waals surface area contributed by atoms with Gasteiger partial charge in [-0.15, -0.1) is 0 Å². The van der Waals surface area contributed by atoms with Gasteiger partial charge in [-0.05, 0) is 6.92 Å². The zero-order valence-corrected chi connectivity index (χ0v) is 8.22. The first kappa shape index (κ1) is 11.8. The number of hydrogen-bond donors (Lipinski definition) is 1. The zero-order valence-electron chi connectivity index (χ0n) is 7.47. The molecule has 15 heavy (non-hydrogen) atoms. The quantitative estimate of drug-likeness (QED) is 0.866. The molecule has 0 radical (unpaired) electrons. The van der Waals surface area contributed by atoms with Crippen LogP contribution in [0.4, 0.5) is 13.2 Å². The third-order valence-electron chi connectivity index (χ3n) is 1.67. The van der Waals surface area contributed by atoms with Crippen LogP contribution in [0, 0.1) is 0 Å². The van der Waals surface area contributed by atoms with E-state index in [1.807, 2.05) is 0 Å². The molecule has 0 amide bonds. The average molecular weight is 243 g/mol. The summed E-state index contributed by atoms with van der Waals surface area (Å²) in [6.07, 6.45) is -4.82. The number of nitrogens with zero attached hydrogens (tertiary/aromatic N) is 2. The van der Waals surface area contributed by atoms with E-state index < -0.39 is 28.6 Å². The van der Waals surface area contributed by atoms with Gasteiger partial charge in [0.1, 0.15) is 10.7 Å². The van der Waals surface area contributed by atoms with E-state index in [1.165, 1.54) is 6.92 Å². The zero-order chi connectivity index (χ0) is 11.8. The molecule has 1 aromatic rings. The summed E-state index contributed by atoms with van der Waals surface area (Å²) in [5.41, 5.74) is -2.48. The summed E-state index contributed by atoms with van der Waals surface area (Å²) >= 11 is 5.45. The minimum Gasteiger partial charge on any atom is -0.478 e. The van der Waals surface area contributed by atoms with Gasteiger partial charge in [0, 0.05) is 6.54 Å². The standard InChI is InChI=1S/C7H6ClF3N2O2/c1-2-13-5(8)3(6(14)15)4(12-13)7(9,10)11/h2H2,1H3,(H,14,15). The van der Waals surface area contributed by atoms with Crippen molar-refractivity contribution in [1.82, 2.24) is 9.78 Å². The minimum atomic E-state index is -4.82. The SMILES string of the molecule is CCn1nc(C(F)(F)F)c(C(=O)O)c1Cl. The lowest BCUT2D eigenvalue weighted by molar-refractivity contribution is -0.142. The van der Waals surface area contributed by atoms with Crippen molar-refractivity contribution in [2.45, 2.75) is 19.6 Å². The molecule has 0 aliphatic rings. The number of alkyl halides is 3. The monoisotopic (exact) mass is 242 g/mol. The second kappa shape index (κ2) is 3.73. The molecule has 0 spiro atoms. The lowest BCUT2D eigenvalue weighted by atomic mass is 10.2. The Morgan fingerprint density at radius 2 is 2.13 bits per heavy atom. The van der Waals surface area contributed by atoms with Crippen LogP contribution in [0.2, 0.25) is 5.15 Å². The van der Waals surface area contributed by atoms with Crippen molar-refractivity contribution in [1.29, 1.82) is 0 Å². The Labute approximate surface area is 87.3 Å². The molecule has 1 heterocycles. The molecule has 0 aromatic carbocycles. The molecule has 0 saturated carbocycles. The van der Waals surface area contributed by atoms with Crippen molar-refractivity contribution < 1.29 is 23.1 Å². The topological polar surface area (TPSA) is 55.1 Å². The van der Waals surface area contributed by atoms with Gasteiger partial charge in [-0.2, -0.15) is 18.3 Å². The summed E-state index contributed by atoms with van der Waals surface area (Å²) in [5, 5.41) is 11.2. The maximum Gasteiger partial charge on any atom is 0.436 e. The number of carboxylic acids is 1. The van der Waals surface area contributed by atoms with Crippen LogP contribution in [0.15, 0.2) is 0 Å². The first-order chi connectivity index (χ1) is 6.79. The van der Waals surface area contributed by atoms with Crippen LogP contribution in [0.3, 0.4) is 0 Å². The Hall–Kier alpha value is -1.24. The van der Waals surface area contributed by atoms with E-state index in [2.05, 4.69) is 5.10 Å². The molecule has 0 aliphatic heterocycles. The molecule has 1 N–H and O–H groups in total. The third-order valence-corrected chi connectivity index (χ3v) is 2.06. The second-order valence-corrected chi connectivity index (χ2v) is 2.99. The van der Waals surface area contributed by atoms with Gasteiger partial charge in [0.25, 0.3) is 0 Å². The molecule has 0 fully saturated rings. The summed E-state index contributed by atoms with van der Waals surface area (Å²) in [5.74, 6) is -1.74. The van der Waals surface area contributed by atoms with Crippen molar-refractivity contribution in [2.24, 2.45) is 0 Å². The van der Waals surface area contributed by atoms with Gasteiger partial charge in [-0.1, -0.05) is 11.6 Å². The van der Waals surface area contributed by atoms with Gasteiger partial charge in [-0.3, -0.25) is 4.68 Å². The van der Waals surface area contributed by atoms with E-state index in [0.29, 0.717) is 0 Å². The minimum absolute atomic E-state index is 0.0647. The molecule has 4 nitrogen and oxygen atoms in total. The van der Waals surface area contributed by atoms with Crippen molar-refractivity contribution in [2.75, 3.05) is 0 Å². The summed E-state index contributed by atoms with van der Waals surface area (Å²) in [4.78, 5) is 10.6. The van der Waals surface area contributed by atoms with Crippen molar-refractivity contribution in [3.05, 3.63) is 16.4 Å². The molecular weight excluding hydrogens is 237 g/mol. The molecule has 8 heteroatoms. The molecule has 1 rings (SSSR count). The number of aryl methyl sites for hydroxylation is 1. The molecule has 84 valence electrons. The Kier molecular flexibility index (Phi) is 2.94. The van der Waals surface area contributed by atoms with Crippen LogP contribution < -0.4 is 0 Å². The molecule has 0 atom stereocenters. The highest BCUT2D eigenvalue weighted by Gasteiger charge is 2.41. The summed E-state index contributed by atoms with van der Waals surface area (Å²) < 4.78 is 37.8. The van der Waals surface area contributed by atoms with Crippen LogP contribution in [-0.2, 0) is 12.7 Å². The van der Waals surface area contributed by atoms with Crippen LogP contribution in [0.1, 0.15) is 23.0 Å². The van der Waals surface area contributed by atoms with E-state index in [9.17, 15) is 18.0 Å². The Morgan fingerprint density at radius 1 is 1.60 bits per heavy atom. The summed E-state index contributed by atoms with van der Waals surface area (Å²) in [6, 6.07) is 0. The number of rotatable bonds is 2. The van der Waals surface area contributed by atoms with E-state index in [-0.39, 0.29) is 6.54 Å². The third kappa shape index (κ3) is 2.06.